The number of imide groups is 1. The minimum absolute atomic E-state index is 0.144. The maximum atomic E-state index is 13.6. The van der Waals surface area contributed by atoms with Gasteiger partial charge in [0.2, 0.25) is 11.8 Å². The largest absolute Gasteiger partial charge is 0.436 e. The summed E-state index contributed by atoms with van der Waals surface area (Å²) in [7, 11) is -4.00. The highest BCUT2D eigenvalue weighted by Crippen LogP contribution is 2.37. The van der Waals surface area contributed by atoms with Crippen molar-refractivity contribution in [1.29, 1.82) is 0 Å². The van der Waals surface area contributed by atoms with E-state index in [1.54, 1.807) is 49.6 Å². The van der Waals surface area contributed by atoms with E-state index in [4.69, 9.17) is 4.42 Å². The third kappa shape index (κ3) is 4.04. The van der Waals surface area contributed by atoms with Crippen LogP contribution < -0.4 is 4.90 Å². The van der Waals surface area contributed by atoms with Crippen molar-refractivity contribution < 1.29 is 22.4 Å². The molecular weight excluding hydrogens is 498 g/mol. The standard InChI is InChI=1S/C26H25N3O5S2/c1-4-26(2,3)29(36(32,33)23-10-7-15-35-23)20-16-22(30)28(25(20)31)18-13-11-17(12-14-18)24-27-19-8-5-6-9-21(19)34-24/h5-15,20H,4,16H2,1-3H3. The Kier molecular flexibility index (Phi) is 6.06. The van der Waals surface area contributed by atoms with Gasteiger partial charge in [0.05, 0.1) is 12.1 Å². The fraction of sp³-hybridized carbons (Fsp3) is 0.269. The van der Waals surface area contributed by atoms with E-state index in [0.29, 0.717) is 29.1 Å². The van der Waals surface area contributed by atoms with Gasteiger partial charge in [-0.25, -0.2) is 18.3 Å². The summed E-state index contributed by atoms with van der Waals surface area (Å²) in [6.45, 7) is 5.40. The lowest BCUT2D eigenvalue weighted by Gasteiger charge is -2.39. The van der Waals surface area contributed by atoms with Gasteiger partial charge in [-0.05, 0) is 68.1 Å². The molecule has 1 aliphatic rings. The first kappa shape index (κ1) is 24.4. The molecule has 36 heavy (non-hydrogen) atoms. The number of hydrogen-bond donors (Lipinski definition) is 0. The Hall–Kier alpha value is -3.34. The predicted molar refractivity (Wildman–Crippen MR) is 138 cm³/mol. The Bertz CT molecular complexity index is 1510. The molecule has 0 aliphatic carbocycles. The van der Waals surface area contributed by atoms with E-state index in [1.807, 2.05) is 31.2 Å². The molecule has 0 N–H and O–H groups in total. The van der Waals surface area contributed by atoms with Crippen LogP contribution in [0, 0.1) is 0 Å². The van der Waals surface area contributed by atoms with E-state index in [2.05, 4.69) is 4.98 Å². The van der Waals surface area contributed by atoms with Crippen LogP contribution in [0.1, 0.15) is 33.6 Å². The summed E-state index contributed by atoms with van der Waals surface area (Å²) in [5, 5.41) is 1.68. The first-order valence-electron chi connectivity index (χ1n) is 11.5. The number of sulfonamides is 1. The number of amides is 2. The molecule has 186 valence electrons. The van der Waals surface area contributed by atoms with Gasteiger partial charge in [-0.3, -0.25) is 9.59 Å². The molecule has 10 heteroatoms. The van der Waals surface area contributed by atoms with Gasteiger partial charge in [0.15, 0.2) is 5.58 Å². The van der Waals surface area contributed by atoms with Gasteiger partial charge >= 0.3 is 0 Å². The smallest absolute Gasteiger partial charge is 0.253 e. The number of aromatic nitrogens is 1. The summed E-state index contributed by atoms with van der Waals surface area (Å²) in [6.07, 6.45) is 0.245. The number of rotatable bonds is 7. The lowest BCUT2D eigenvalue weighted by molar-refractivity contribution is -0.122. The Morgan fingerprint density at radius 2 is 1.81 bits per heavy atom. The zero-order valence-corrected chi connectivity index (χ0v) is 21.7. The molecule has 0 saturated carbocycles. The van der Waals surface area contributed by atoms with Crippen molar-refractivity contribution in [3.8, 4) is 11.5 Å². The fourth-order valence-electron chi connectivity index (χ4n) is 4.40. The van der Waals surface area contributed by atoms with Gasteiger partial charge in [0, 0.05) is 11.1 Å². The number of carbonyl (C=O) groups excluding carboxylic acids is 2. The molecule has 2 amide bonds. The van der Waals surface area contributed by atoms with Crippen molar-refractivity contribution in [2.75, 3.05) is 4.90 Å². The number of nitrogens with zero attached hydrogens (tertiary/aromatic N) is 3. The SMILES string of the molecule is CCC(C)(C)N(C1CC(=O)N(c2ccc(-c3nc4ccccc4o3)cc2)C1=O)S(=O)(=O)c1cccs1. The second-order valence-corrected chi connectivity index (χ2v) is 12.2. The monoisotopic (exact) mass is 523 g/mol. The van der Waals surface area contributed by atoms with Crippen LogP contribution in [0.25, 0.3) is 22.6 Å². The minimum atomic E-state index is -4.00. The van der Waals surface area contributed by atoms with Crippen molar-refractivity contribution in [2.24, 2.45) is 0 Å². The number of anilines is 1. The van der Waals surface area contributed by atoms with Gasteiger partial charge in [0.25, 0.3) is 15.9 Å². The number of para-hydroxylation sites is 2. The summed E-state index contributed by atoms with van der Waals surface area (Å²) in [5.41, 5.74) is 1.58. The average Bonchev–Trinajstić information content (AvgIpc) is 3.59. The summed E-state index contributed by atoms with van der Waals surface area (Å²) in [6, 6.07) is 16.2. The average molecular weight is 524 g/mol. The third-order valence-corrected chi connectivity index (χ3v) is 10.0. The molecule has 2 aromatic heterocycles. The summed E-state index contributed by atoms with van der Waals surface area (Å²) in [4.78, 5) is 32.2. The quantitative estimate of drug-likeness (QED) is 0.314. The van der Waals surface area contributed by atoms with Crippen molar-refractivity contribution >= 4 is 50.0 Å². The highest BCUT2D eigenvalue weighted by atomic mass is 32.2. The van der Waals surface area contributed by atoms with Crippen LogP contribution in [-0.2, 0) is 19.6 Å². The maximum absolute atomic E-state index is 13.6. The third-order valence-electron chi connectivity index (χ3n) is 6.54. The van der Waals surface area contributed by atoms with Crippen LogP contribution in [0.5, 0.6) is 0 Å². The van der Waals surface area contributed by atoms with E-state index in [9.17, 15) is 18.0 Å². The van der Waals surface area contributed by atoms with Gasteiger partial charge in [-0.2, -0.15) is 4.31 Å². The van der Waals surface area contributed by atoms with E-state index in [0.717, 1.165) is 21.8 Å². The maximum Gasteiger partial charge on any atom is 0.253 e. The Balaban J connectivity index is 1.47. The molecule has 1 unspecified atom stereocenters. The zero-order valence-electron chi connectivity index (χ0n) is 20.0. The number of thiophene rings is 1. The first-order valence-corrected chi connectivity index (χ1v) is 13.9. The number of hydrogen-bond acceptors (Lipinski definition) is 7. The minimum Gasteiger partial charge on any atom is -0.436 e. The van der Waals surface area contributed by atoms with E-state index >= 15 is 0 Å². The summed E-state index contributed by atoms with van der Waals surface area (Å²) >= 11 is 1.09. The van der Waals surface area contributed by atoms with Crippen molar-refractivity contribution in [3.05, 3.63) is 66.0 Å². The van der Waals surface area contributed by atoms with E-state index in [1.165, 1.54) is 10.4 Å². The molecule has 4 aromatic rings. The summed E-state index contributed by atoms with van der Waals surface area (Å²) in [5.74, 6) is -0.577. The molecule has 0 radical (unpaired) electrons. The van der Waals surface area contributed by atoms with Crippen LogP contribution in [0.4, 0.5) is 5.69 Å². The molecule has 1 aliphatic heterocycles. The molecule has 2 aromatic carbocycles. The van der Waals surface area contributed by atoms with Crippen LogP contribution in [-0.4, -0.2) is 41.1 Å². The second-order valence-electron chi connectivity index (χ2n) is 9.22. The topological polar surface area (TPSA) is 101 Å². The van der Waals surface area contributed by atoms with E-state index in [-0.39, 0.29) is 10.6 Å². The Labute approximate surface area is 213 Å². The lowest BCUT2D eigenvalue weighted by atomic mass is 10.00. The number of fused-ring (bicyclic) bond motifs is 1. The molecule has 3 heterocycles. The van der Waals surface area contributed by atoms with Crippen LogP contribution in [0.3, 0.4) is 0 Å². The van der Waals surface area contributed by atoms with Crippen LogP contribution >= 0.6 is 11.3 Å². The van der Waals surface area contributed by atoms with Crippen molar-refractivity contribution in [2.45, 2.75) is 49.4 Å². The molecule has 1 saturated heterocycles. The molecule has 0 bridgehead atoms. The summed E-state index contributed by atoms with van der Waals surface area (Å²) < 4.78 is 34.4. The predicted octanol–water partition coefficient (Wildman–Crippen LogP) is 5.07. The Morgan fingerprint density at radius 3 is 2.44 bits per heavy atom. The van der Waals surface area contributed by atoms with Crippen molar-refractivity contribution in [1.82, 2.24) is 9.29 Å². The lowest BCUT2D eigenvalue weighted by Crippen LogP contribution is -2.55. The second kappa shape index (κ2) is 8.95. The molecular formula is C26H25N3O5S2. The normalized spacial score (nSPS) is 17.0. The van der Waals surface area contributed by atoms with Gasteiger partial charge < -0.3 is 4.42 Å². The fourth-order valence-corrected chi connectivity index (χ4v) is 7.46. The van der Waals surface area contributed by atoms with Gasteiger partial charge in [-0.15, -0.1) is 11.3 Å². The van der Waals surface area contributed by atoms with Crippen molar-refractivity contribution in [3.63, 3.8) is 0 Å². The highest BCUT2D eigenvalue weighted by molar-refractivity contribution is 7.91. The van der Waals surface area contributed by atoms with Crippen LogP contribution in [0.2, 0.25) is 0 Å². The molecule has 8 nitrogen and oxygen atoms in total. The molecule has 5 rings (SSSR count). The molecule has 1 atom stereocenters. The number of oxazole rings is 1. The first-order chi connectivity index (χ1) is 17.1. The Morgan fingerprint density at radius 1 is 1.08 bits per heavy atom. The van der Waals surface area contributed by atoms with Gasteiger partial charge in [0.1, 0.15) is 15.8 Å². The van der Waals surface area contributed by atoms with Crippen LogP contribution in [0.15, 0.2) is 74.7 Å². The van der Waals surface area contributed by atoms with Gasteiger partial charge in [-0.1, -0.05) is 25.1 Å². The molecule has 0 spiro atoms. The molecule has 1 fully saturated rings. The highest BCUT2D eigenvalue weighted by Gasteiger charge is 2.51. The zero-order chi connectivity index (χ0) is 25.7. The van der Waals surface area contributed by atoms with E-state index < -0.39 is 33.4 Å². The number of benzene rings is 2. The number of carbonyl (C=O) groups is 2.